The molecule has 102 valence electrons. The Morgan fingerprint density at radius 1 is 1.22 bits per heavy atom. The zero-order chi connectivity index (χ0) is 13.7. The third kappa shape index (κ3) is 3.94. The lowest BCUT2D eigenvalue weighted by Gasteiger charge is -2.20. The van der Waals surface area contributed by atoms with Gasteiger partial charge in [-0.3, -0.25) is 0 Å². The predicted molar refractivity (Wildman–Crippen MR) is 80.3 cm³/mol. The van der Waals surface area contributed by atoms with Crippen LogP contribution in [0.4, 0.5) is 0 Å². The molecule has 1 rings (SSSR count). The average Bonchev–Trinajstić information content (AvgIpc) is 2.37. The molecule has 0 aliphatic rings. The molecule has 0 aromatic heterocycles. The molecule has 0 saturated carbocycles. The summed E-state index contributed by atoms with van der Waals surface area (Å²) >= 11 is 18.8. The monoisotopic (exact) mass is 308 g/mol. The van der Waals surface area contributed by atoms with E-state index in [-0.39, 0.29) is 5.38 Å². The van der Waals surface area contributed by atoms with Crippen LogP contribution in [0.15, 0.2) is 12.1 Å². The molecule has 0 aliphatic heterocycles. The van der Waals surface area contributed by atoms with E-state index in [0.717, 1.165) is 12.0 Å². The summed E-state index contributed by atoms with van der Waals surface area (Å²) in [6, 6.07) is 3.53. The SMILES string of the molecule is CCCCC(C)C(Cl)c1cc(Cl)c(OC)cc1Cl. The molecule has 0 saturated heterocycles. The number of methoxy groups -OCH3 is 1. The molecule has 1 aromatic carbocycles. The van der Waals surface area contributed by atoms with Crippen molar-refractivity contribution in [2.45, 2.75) is 38.5 Å². The Labute approximate surface area is 124 Å². The topological polar surface area (TPSA) is 9.23 Å². The van der Waals surface area contributed by atoms with Gasteiger partial charge in [-0.05, 0) is 24.0 Å². The number of hydrogen-bond acceptors (Lipinski definition) is 1. The summed E-state index contributed by atoms with van der Waals surface area (Å²) in [6.07, 6.45) is 3.43. The van der Waals surface area contributed by atoms with E-state index >= 15 is 0 Å². The van der Waals surface area contributed by atoms with Crippen LogP contribution in [0, 0.1) is 5.92 Å². The van der Waals surface area contributed by atoms with Crippen LogP contribution in [0.2, 0.25) is 10.0 Å². The zero-order valence-corrected chi connectivity index (χ0v) is 13.2. The second-order valence-electron chi connectivity index (χ2n) is 4.53. The summed E-state index contributed by atoms with van der Waals surface area (Å²) in [5.41, 5.74) is 0.882. The fourth-order valence-electron chi connectivity index (χ4n) is 1.89. The van der Waals surface area contributed by atoms with E-state index in [4.69, 9.17) is 39.5 Å². The van der Waals surface area contributed by atoms with Gasteiger partial charge in [0.1, 0.15) is 5.75 Å². The van der Waals surface area contributed by atoms with Gasteiger partial charge in [-0.2, -0.15) is 0 Å². The Morgan fingerprint density at radius 3 is 2.44 bits per heavy atom. The molecule has 0 amide bonds. The van der Waals surface area contributed by atoms with Gasteiger partial charge in [0.25, 0.3) is 0 Å². The second kappa shape index (κ2) is 7.47. The van der Waals surface area contributed by atoms with Crippen molar-refractivity contribution in [1.29, 1.82) is 0 Å². The first-order chi connectivity index (χ1) is 8.51. The Balaban J connectivity index is 2.91. The molecule has 0 bridgehead atoms. The molecule has 0 N–H and O–H groups in total. The molecule has 0 radical (unpaired) electrons. The lowest BCUT2D eigenvalue weighted by molar-refractivity contribution is 0.414. The molecule has 0 heterocycles. The Morgan fingerprint density at radius 2 is 1.89 bits per heavy atom. The highest BCUT2D eigenvalue weighted by Crippen LogP contribution is 2.40. The van der Waals surface area contributed by atoms with Gasteiger partial charge in [-0.1, -0.05) is 49.9 Å². The van der Waals surface area contributed by atoms with E-state index in [1.807, 2.05) is 6.07 Å². The van der Waals surface area contributed by atoms with Gasteiger partial charge < -0.3 is 4.74 Å². The van der Waals surface area contributed by atoms with Crippen molar-refractivity contribution in [1.82, 2.24) is 0 Å². The van der Waals surface area contributed by atoms with Crippen molar-refractivity contribution in [3.05, 3.63) is 27.7 Å². The van der Waals surface area contributed by atoms with Crippen LogP contribution < -0.4 is 4.74 Å². The summed E-state index contributed by atoms with van der Waals surface area (Å²) < 4.78 is 5.13. The Bertz CT molecular complexity index is 393. The minimum atomic E-state index is -0.118. The first kappa shape index (κ1) is 15.9. The molecule has 0 aliphatic carbocycles. The molecule has 2 unspecified atom stereocenters. The minimum Gasteiger partial charge on any atom is -0.495 e. The van der Waals surface area contributed by atoms with Gasteiger partial charge in [-0.15, -0.1) is 11.6 Å². The van der Waals surface area contributed by atoms with Gasteiger partial charge in [0.2, 0.25) is 0 Å². The molecule has 0 fully saturated rings. The quantitative estimate of drug-likeness (QED) is 0.576. The first-order valence-corrected chi connectivity index (χ1v) is 7.37. The number of hydrogen-bond donors (Lipinski definition) is 0. The summed E-state index contributed by atoms with van der Waals surface area (Å²) in [5, 5.41) is 1.04. The number of benzene rings is 1. The van der Waals surface area contributed by atoms with Gasteiger partial charge in [0, 0.05) is 11.1 Å². The van der Waals surface area contributed by atoms with Crippen molar-refractivity contribution < 1.29 is 4.74 Å². The second-order valence-corrected chi connectivity index (χ2v) is 5.81. The van der Waals surface area contributed by atoms with E-state index in [0.29, 0.717) is 21.7 Å². The van der Waals surface area contributed by atoms with Crippen molar-refractivity contribution in [3.63, 3.8) is 0 Å². The molecular weight excluding hydrogens is 291 g/mol. The maximum Gasteiger partial charge on any atom is 0.138 e. The van der Waals surface area contributed by atoms with E-state index < -0.39 is 0 Å². The van der Waals surface area contributed by atoms with Crippen molar-refractivity contribution in [2.75, 3.05) is 7.11 Å². The largest absolute Gasteiger partial charge is 0.495 e. The Hall–Kier alpha value is -0.110. The van der Waals surface area contributed by atoms with Crippen LogP contribution in [0.3, 0.4) is 0 Å². The van der Waals surface area contributed by atoms with Gasteiger partial charge >= 0.3 is 0 Å². The maximum atomic E-state index is 6.48. The average molecular weight is 310 g/mol. The zero-order valence-electron chi connectivity index (χ0n) is 11.0. The number of rotatable bonds is 6. The lowest BCUT2D eigenvalue weighted by atomic mass is 9.95. The predicted octanol–water partition coefficient (Wildman–Crippen LogP) is 6.11. The van der Waals surface area contributed by atoms with Crippen LogP contribution in [0.25, 0.3) is 0 Å². The molecule has 1 aromatic rings. The molecule has 1 nitrogen and oxygen atoms in total. The molecule has 2 atom stereocenters. The maximum absolute atomic E-state index is 6.48. The van der Waals surface area contributed by atoms with Crippen LogP contribution in [-0.2, 0) is 0 Å². The highest BCUT2D eigenvalue weighted by molar-refractivity contribution is 6.35. The Kier molecular flexibility index (Phi) is 6.62. The molecular formula is C14H19Cl3O. The van der Waals surface area contributed by atoms with E-state index in [2.05, 4.69) is 13.8 Å². The highest BCUT2D eigenvalue weighted by atomic mass is 35.5. The number of halogens is 3. The lowest BCUT2D eigenvalue weighted by Crippen LogP contribution is -2.05. The van der Waals surface area contributed by atoms with Gasteiger partial charge in [0.15, 0.2) is 0 Å². The summed E-state index contributed by atoms with van der Waals surface area (Å²) in [6.45, 7) is 4.31. The van der Waals surface area contributed by atoms with Crippen LogP contribution in [0.1, 0.15) is 44.1 Å². The third-order valence-electron chi connectivity index (χ3n) is 3.08. The standard InChI is InChI=1S/C14H19Cl3O/c1-4-5-6-9(2)14(17)10-7-12(16)13(18-3)8-11(10)15/h7-9,14H,4-6H2,1-3H3. The van der Waals surface area contributed by atoms with Crippen molar-refractivity contribution in [3.8, 4) is 5.75 Å². The van der Waals surface area contributed by atoms with E-state index in [1.165, 1.54) is 12.8 Å². The molecule has 4 heteroatoms. The highest BCUT2D eigenvalue weighted by Gasteiger charge is 2.20. The normalized spacial score (nSPS) is 14.3. The first-order valence-electron chi connectivity index (χ1n) is 6.18. The number of unbranched alkanes of at least 4 members (excludes halogenated alkanes) is 1. The third-order valence-corrected chi connectivity index (χ3v) is 4.37. The fourth-order valence-corrected chi connectivity index (χ4v) is 2.77. The molecule has 0 spiro atoms. The van der Waals surface area contributed by atoms with Crippen LogP contribution in [-0.4, -0.2) is 7.11 Å². The smallest absolute Gasteiger partial charge is 0.138 e. The summed E-state index contributed by atoms with van der Waals surface area (Å²) in [7, 11) is 1.57. The number of alkyl halides is 1. The minimum absolute atomic E-state index is 0.118. The van der Waals surface area contributed by atoms with Crippen molar-refractivity contribution >= 4 is 34.8 Å². The van der Waals surface area contributed by atoms with Gasteiger partial charge in [-0.25, -0.2) is 0 Å². The summed E-state index contributed by atoms with van der Waals surface area (Å²) in [5.74, 6) is 0.948. The fraction of sp³-hybridized carbons (Fsp3) is 0.571. The van der Waals surface area contributed by atoms with E-state index in [1.54, 1.807) is 13.2 Å². The molecule has 18 heavy (non-hydrogen) atoms. The van der Waals surface area contributed by atoms with E-state index in [9.17, 15) is 0 Å². The summed E-state index contributed by atoms with van der Waals surface area (Å²) in [4.78, 5) is 0. The van der Waals surface area contributed by atoms with Crippen LogP contribution >= 0.6 is 34.8 Å². The van der Waals surface area contributed by atoms with Crippen molar-refractivity contribution in [2.24, 2.45) is 5.92 Å². The number of ether oxygens (including phenoxy) is 1. The van der Waals surface area contributed by atoms with Gasteiger partial charge in [0.05, 0.1) is 17.5 Å². The van der Waals surface area contributed by atoms with Crippen LogP contribution in [0.5, 0.6) is 5.75 Å².